The van der Waals surface area contributed by atoms with Gasteiger partial charge in [-0.3, -0.25) is 9.59 Å². The number of para-hydroxylation sites is 1. The molecule has 0 heterocycles. The summed E-state index contributed by atoms with van der Waals surface area (Å²) in [6, 6.07) is 25.9. The number of benzene rings is 3. The number of carbonyl (C=O) groups is 2. The highest BCUT2D eigenvalue weighted by Crippen LogP contribution is 2.24. The van der Waals surface area contributed by atoms with Gasteiger partial charge in [-0.25, -0.2) is 0 Å². The minimum atomic E-state index is -0.737. The van der Waals surface area contributed by atoms with E-state index in [0.717, 1.165) is 16.7 Å². The number of hydrogen-bond donors (Lipinski definition) is 1. The molecule has 5 heteroatoms. The molecular formula is C25H26N2O3. The first-order valence-electron chi connectivity index (χ1n) is 9.86. The van der Waals surface area contributed by atoms with E-state index in [-0.39, 0.29) is 11.8 Å². The van der Waals surface area contributed by atoms with Gasteiger partial charge in [-0.1, -0.05) is 78.9 Å². The zero-order valence-electron chi connectivity index (χ0n) is 17.2. The highest BCUT2D eigenvalue weighted by molar-refractivity contribution is 5.88. The molecule has 0 radical (unpaired) electrons. The van der Waals surface area contributed by atoms with Gasteiger partial charge in [-0.05, 0) is 17.2 Å². The predicted molar refractivity (Wildman–Crippen MR) is 117 cm³/mol. The lowest BCUT2D eigenvalue weighted by Gasteiger charge is -2.30. The maximum Gasteiger partial charge on any atom is 0.247 e. The van der Waals surface area contributed by atoms with Gasteiger partial charge in [-0.2, -0.15) is 0 Å². The number of amides is 2. The van der Waals surface area contributed by atoms with Crippen molar-refractivity contribution in [2.45, 2.75) is 26.1 Å². The van der Waals surface area contributed by atoms with E-state index < -0.39 is 6.04 Å². The second-order valence-corrected chi connectivity index (χ2v) is 6.98. The molecule has 1 unspecified atom stereocenters. The van der Waals surface area contributed by atoms with E-state index >= 15 is 0 Å². The van der Waals surface area contributed by atoms with Crippen molar-refractivity contribution in [3.63, 3.8) is 0 Å². The summed E-state index contributed by atoms with van der Waals surface area (Å²) in [4.78, 5) is 27.5. The number of nitrogens with zero attached hydrogens (tertiary/aromatic N) is 1. The molecule has 3 rings (SSSR count). The van der Waals surface area contributed by atoms with Crippen molar-refractivity contribution in [3.8, 4) is 5.75 Å². The van der Waals surface area contributed by atoms with Crippen LogP contribution in [-0.4, -0.2) is 23.8 Å². The van der Waals surface area contributed by atoms with E-state index in [2.05, 4.69) is 5.32 Å². The van der Waals surface area contributed by atoms with Crippen LogP contribution in [0.5, 0.6) is 5.75 Å². The summed E-state index contributed by atoms with van der Waals surface area (Å²) in [6.07, 6.45) is 0. The van der Waals surface area contributed by atoms with Crippen molar-refractivity contribution in [1.29, 1.82) is 0 Å². The first-order chi connectivity index (χ1) is 14.6. The van der Waals surface area contributed by atoms with Crippen molar-refractivity contribution in [1.82, 2.24) is 10.2 Å². The molecule has 0 saturated carbocycles. The lowest BCUT2D eigenvalue weighted by atomic mass is 10.0. The molecule has 0 fully saturated rings. The van der Waals surface area contributed by atoms with Crippen LogP contribution in [0.4, 0.5) is 0 Å². The average molecular weight is 402 g/mol. The minimum absolute atomic E-state index is 0.167. The molecule has 1 atom stereocenters. The number of ether oxygens (including phenoxy) is 1. The fraction of sp³-hybridized carbons (Fsp3) is 0.200. The number of methoxy groups -OCH3 is 1. The Morgan fingerprint density at radius 3 is 2.13 bits per heavy atom. The minimum Gasteiger partial charge on any atom is -0.496 e. The second kappa shape index (κ2) is 10.3. The molecule has 0 aromatic heterocycles. The van der Waals surface area contributed by atoms with Crippen LogP contribution in [0, 0.1) is 0 Å². The second-order valence-electron chi connectivity index (χ2n) is 6.98. The van der Waals surface area contributed by atoms with Crippen molar-refractivity contribution >= 4 is 11.8 Å². The Morgan fingerprint density at radius 2 is 1.50 bits per heavy atom. The summed E-state index contributed by atoms with van der Waals surface area (Å²) in [6.45, 7) is 2.15. The molecule has 5 nitrogen and oxygen atoms in total. The van der Waals surface area contributed by atoms with Crippen LogP contribution in [0.2, 0.25) is 0 Å². The van der Waals surface area contributed by atoms with Gasteiger partial charge in [-0.15, -0.1) is 0 Å². The summed E-state index contributed by atoms with van der Waals surface area (Å²) in [5, 5.41) is 2.98. The molecule has 1 N–H and O–H groups in total. The van der Waals surface area contributed by atoms with Crippen molar-refractivity contribution in [3.05, 3.63) is 102 Å². The van der Waals surface area contributed by atoms with Gasteiger partial charge in [0.05, 0.1) is 7.11 Å². The van der Waals surface area contributed by atoms with Gasteiger partial charge in [0, 0.05) is 25.6 Å². The van der Waals surface area contributed by atoms with E-state index in [1.165, 1.54) is 6.92 Å². The zero-order valence-corrected chi connectivity index (χ0v) is 17.2. The molecule has 154 valence electrons. The Bertz CT molecular complexity index is 974. The van der Waals surface area contributed by atoms with Crippen molar-refractivity contribution in [2.75, 3.05) is 7.11 Å². The molecule has 0 saturated heterocycles. The smallest absolute Gasteiger partial charge is 0.247 e. The van der Waals surface area contributed by atoms with Gasteiger partial charge >= 0.3 is 0 Å². The first kappa shape index (κ1) is 21.1. The van der Waals surface area contributed by atoms with Gasteiger partial charge < -0.3 is 15.0 Å². The lowest BCUT2D eigenvalue weighted by Crippen LogP contribution is -2.42. The summed E-state index contributed by atoms with van der Waals surface area (Å²) < 4.78 is 5.37. The number of rotatable bonds is 8. The number of hydrogen-bond acceptors (Lipinski definition) is 3. The van der Waals surface area contributed by atoms with Crippen LogP contribution in [0.15, 0.2) is 84.9 Å². The van der Waals surface area contributed by atoms with Gasteiger partial charge in [0.2, 0.25) is 11.8 Å². The van der Waals surface area contributed by atoms with E-state index in [9.17, 15) is 9.59 Å². The third kappa shape index (κ3) is 5.26. The molecule has 3 aromatic rings. The molecule has 0 spiro atoms. The van der Waals surface area contributed by atoms with Crippen molar-refractivity contribution in [2.24, 2.45) is 0 Å². The fourth-order valence-electron chi connectivity index (χ4n) is 3.40. The van der Waals surface area contributed by atoms with Gasteiger partial charge in [0.25, 0.3) is 0 Å². The first-order valence-corrected chi connectivity index (χ1v) is 9.86. The summed E-state index contributed by atoms with van der Waals surface area (Å²) >= 11 is 0. The Balaban J connectivity index is 1.87. The maximum absolute atomic E-state index is 13.3. The van der Waals surface area contributed by atoms with Crippen LogP contribution in [0.25, 0.3) is 0 Å². The Hall–Kier alpha value is -3.60. The highest BCUT2D eigenvalue weighted by atomic mass is 16.5. The molecule has 2 amide bonds. The summed E-state index contributed by atoms with van der Waals surface area (Å²) in [5.74, 6) is 0.306. The standard InChI is InChI=1S/C25H26N2O3/c1-19(28)27(18-20-11-5-3-6-12-20)24(21-13-7-4-8-14-21)25(29)26-17-22-15-9-10-16-23(22)30-2/h3-16,24H,17-18H2,1-2H3,(H,26,29). The van der Waals surface area contributed by atoms with Crippen LogP contribution >= 0.6 is 0 Å². The molecular weight excluding hydrogens is 376 g/mol. The summed E-state index contributed by atoms with van der Waals surface area (Å²) in [7, 11) is 1.60. The van der Waals surface area contributed by atoms with Gasteiger partial charge in [0.15, 0.2) is 0 Å². The highest BCUT2D eigenvalue weighted by Gasteiger charge is 2.29. The van der Waals surface area contributed by atoms with E-state index in [4.69, 9.17) is 4.74 Å². The molecule has 0 bridgehead atoms. The van der Waals surface area contributed by atoms with E-state index in [1.807, 2.05) is 84.9 Å². The zero-order chi connectivity index (χ0) is 21.3. The quantitative estimate of drug-likeness (QED) is 0.617. The molecule has 30 heavy (non-hydrogen) atoms. The third-order valence-corrected chi connectivity index (χ3v) is 4.92. The van der Waals surface area contributed by atoms with Crippen LogP contribution in [0.1, 0.15) is 29.7 Å². The van der Waals surface area contributed by atoms with E-state index in [0.29, 0.717) is 18.8 Å². The normalized spacial score (nSPS) is 11.4. The largest absolute Gasteiger partial charge is 0.496 e. The molecule has 0 aliphatic heterocycles. The average Bonchev–Trinajstić information content (AvgIpc) is 2.78. The molecule has 0 aliphatic carbocycles. The molecule has 0 aliphatic rings. The predicted octanol–water partition coefficient (Wildman–Crippen LogP) is 4.10. The van der Waals surface area contributed by atoms with E-state index in [1.54, 1.807) is 12.0 Å². The Kier molecular flexibility index (Phi) is 7.22. The third-order valence-electron chi connectivity index (χ3n) is 4.92. The maximum atomic E-state index is 13.3. The van der Waals surface area contributed by atoms with Crippen LogP contribution < -0.4 is 10.1 Å². The number of carbonyl (C=O) groups excluding carboxylic acids is 2. The monoisotopic (exact) mass is 402 g/mol. The number of nitrogens with one attached hydrogen (secondary N) is 1. The van der Waals surface area contributed by atoms with Gasteiger partial charge in [0.1, 0.15) is 11.8 Å². The molecule has 3 aromatic carbocycles. The Labute approximate surface area is 177 Å². The lowest BCUT2D eigenvalue weighted by molar-refractivity contribution is -0.140. The Morgan fingerprint density at radius 1 is 0.900 bits per heavy atom. The van der Waals surface area contributed by atoms with Crippen molar-refractivity contribution < 1.29 is 14.3 Å². The topological polar surface area (TPSA) is 58.6 Å². The SMILES string of the molecule is COc1ccccc1CNC(=O)C(c1ccccc1)N(Cc1ccccc1)C(C)=O. The van der Waals surface area contributed by atoms with Crippen LogP contribution in [0.3, 0.4) is 0 Å². The fourth-order valence-corrected chi connectivity index (χ4v) is 3.40. The summed E-state index contributed by atoms with van der Waals surface area (Å²) in [5.41, 5.74) is 2.60. The van der Waals surface area contributed by atoms with Crippen LogP contribution in [-0.2, 0) is 22.7 Å².